The summed E-state index contributed by atoms with van der Waals surface area (Å²) in [4.78, 5) is 3.39. The molecule has 2 heteroatoms. The van der Waals surface area contributed by atoms with Crippen LogP contribution in [0.3, 0.4) is 0 Å². The fraction of sp³-hybridized carbons (Fsp3) is 1.00. The van der Waals surface area contributed by atoms with Gasteiger partial charge in [-0.1, -0.05) is 20.3 Å². The van der Waals surface area contributed by atoms with Gasteiger partial charge < -0.3 is 0 Å². The largest absolute Gasteiger partial charge is 0.194 e. The van der Waals surface area contributed by atoms with E-state index >= 15 is 0 Å². The lowest BCUT2D eigenvalue weighted by Gasteiger charge is -2.00. The molecular weight excluding hydrogens is 95.1 g/mol. The van der Waals surface area contributed by atoms with Crippen LogP contribution in [0, 0.1) is 5.92 Å². The van der Waals surface area contributed by atoms with Crippen LogP contribution in [0.25, 0.3) is 0 Å². The summed E-state index contributed by atoms with van der Waals surface area (Å²) in [6.45, 7) is 4.18. The van der Waals surface area contributed by atoms with Gasteiger partial charge in [-0.15, -0.1) is 0 Å². The van der Waals surface area contributed by atoms with E-state index in [4.69, 9.17) is 0 Å². The van der Waals surface area contributed by atoms with Crippen molar-refractivity contribution in [2.75, 3.05) is 6.61 Å². The van der Waals surface area contributed by atoms with E-state index in [0.29, 0.717) is 5.92 Å². The van der Waals surface area contributed by atoms with Gasteiger partial charge in [-0.05, 0) is 10.4 Å². The van der Waals surface area contributed by atoms with Gasteiger partial charge in [-0.2, -0.15) is 4.94 Å². The molecule has 0 aliphatic rings. The molecule has 7 heavy (non-hydrogen) atoms. The molecule has 0 N–H and O–H groups in total. The average molecular weight is 106 g/mol. The fourth-order valence-corrected chi connectivity index (χ4v) is 0.225. The molecule has 0 aliphatic carbocycles. The lowest BCUT2D eigenvalue weighted by molar-refractivity contribution is -0.143. The summed E-state index contributed by atoms with van der Waals surface area (Å²) in [6, 6.07) is 0. The number of rotatable bonds is 3. The fourth-order valence-electron chi connectivity index (χ4n) is 0.225. The first kappa shape index (κ1) is 6.89. The predicted molar refractivity (Wildman–Crippen MR) is 26.5 cm³/mol. The van der Waals surface area contributed by atoms with Gasteiger partial charge in [0, 0.05) is 0 Å². The summed E-state index contributed by atoms with van der Waals surface area (Å²) in [6.07, 6.45) is 0.976. The maximum atomic E-state index is 10.9. The van der Waals surface area contributed by atoms with Gasteiger partial charge in [0.15, 0.2) is 0 Å². The molecule has 0 saturated carbocycles. The van der Waals surface area contributed by atoms with Crippen molar-refractivity contribution in [2.24, 2.45) is 5.92 Å². The Morgan fingerprint density at radius 3 is 2.43 bits per heavy atom. The Hall–Kier alpha value is -0.110. The van der Waals surface area contributed by atoms with E-state index in [1.54, 1.807) is 0 Å². The molecule has 0 aliphatic heterocycles. The Kier molecular flexibility index (Phi) is 4.00. The predicted octanol–water partition coefficient (Wildman–Crippen LogP) is 1.93. The van der Waals surface area contributed by atoms with E-state index in [0.717, 1.165) is 6.42 Å². The summed E-state index contributed by atoms with van der Waals surface area (Å²) < 4.78 is 10.9. The highest BCUT2D eigenvalue weighted by atomic mass is 19.3. The van der Waals surface area contributed by atoms with Crippen LogP contribution in [0.2, 0.25) is 0 Å². The van der Waals surface area contributed by atoms with Gasteiger partial charge in [-0.3, -0.25) is 0 Å². The second-order valence-electron chi connectivity index (χ2n) is 1.79. The second-order valence-corrected chi connectivity index (χ2v) is 1.79. The highest BCUT2D eigenvalue weighted by Gasteiger charge is 1.95. The molecule has 0 bridgehead atoms. The Balaban J connectivity index is 2.83. The van der Waals surface area contributed by atoms with Crippen LogP contribution in [0.4, 0.5) is 4.53 Å². The van der Waals surface area contributed by atoms with Crippen molar-refractivity contribution < 1.29 is 9.47 Å². The van der Waals surface area contributed by atoms with Crippen molar-refractivity contribution in [1.82, 2.24) is 0 Å². The van der Waals surface area contributed by atoms with E-state index in [1.165, 1.54) is 0 Å². The molecule has 0 radical (unpaired) electrons. The topological polar surface area (TPSA) is 9.23 Å². The first-order valence-electron chi connectivity index (χ1n) is 2.54. The van der Waals surface area contributed by atoms with Crippen LogP contribution < -0.4 is 0 Å². The van der Waals surface area contributed by atoms with Gasteiger partial charge in [0.05, 0.1) is 6.61 Å². The maximum absolute atomic E-state index is 10.9. The van der Waals surface area contributed by atoms with Crippen LogP contribution in [-0.4, -0.2) is 6.61 Å². The minimum absolute atomic E-state index is 0.233. The summed E-state index contributed by atoms with van der Waals surface area (Å²) in [5, 5.41) is 0. The van der Waals surface area contributed by atoms with Gasteiger partial charge in [0.25, 0.3) is 0 Å². The molecular formula is C5H11FO. The molecule has 0 aromatic heterocycles. The second kappa shape index (κ2) is 4.06. The smallest absolute Gasteiger partial charge is 0.0901 e. The molecule has 0 fully saturated rings. The summed E-state index contributed by atoms with van der Waals surface area (Å²) in [7, 11) is 0. The zero-order chi connectivity index (χ0) is 5.70. The maximum Gasteiger partial charge on any atom is 0.0901 e. The number of halogens is 1. The zero-order valence-corrected chi connectivity index (χ0v) is 4.78. The number of hydrogen-bond donors (Lipinski definition) is 0. The third kappa shape index (κ3) is 3.73. The molecule has 0 heterocycles. The van der Waals surface area contributed by atoms with Crippen LogP contribution in [0.15, 0.2) is 0 Å². The lowest BCUT2D eigenvalue weighted by atomic mass is 10.1. The molecule has 0 amide bonds. The average Bonchev–Trinajstić information content (AvgIpc) is 1.68. The van der Waals surface area contributed by atoms with Crippen molar-refractivity contribution in [3.63, 3.8) is 0 Å². The monoisotopic (exact) mass is 106 g/mol. The van der Waals surface area contributed by atoms with E-state index in [9.17, 15) is 4.53 Å². The molecule has 0 aromatic carbocycles. The Morgan fingerprint density at radius 2 is 2.29 bits per heavy atom. The van der Waals surface area contributed by atoms with E-state index < -0.39 is 0 Å². The van der Waals surface area contributed by atoms with Crippen LogP contribution >= 0.6 is 0 Å². The zero-order valence-electron chi connectivity index (χ0n) is 4.78. The molecule has 1 unspecified atom stereocenters. The third-order valence-corrected chi connectivity index (χ3v) is 1.04. The quantitative estimate of drug-likeness (QED) is 0.534. The van der Waals surface area contributed by atoms with Gasteiger partial charge in [0.2, 0.25) is 0 Å². The standard InChI is InChI=1S/C5H11FO/c1-3-5(2)4-7-6/h5H,3-4H2,1-2H3. The number of hydrogen-bond acceptors (Lipinski definition) is 1. The first-order chi connectivity index (χ1) is 3.31. The van der Waals surface area contributed by atoms with Crippen LogP contribution in [0.5, 0.6) is 0 Å². The molecule has 0 aromatic rings. The van der Waals surface area contributed by atoms with Crippen molar-refractivity contribution in [3.8, 4) is 0 Å². The normalized spacial score (nSPS) is 14.1. The SMILES string of the molecule is CCC(C)COF. The minimum Gasteiger partial charge on any atom is -0.194 e. The molecule has 1 atom stereocenters. The molecule has 0 saturated heterocycles. The Labute approximate surface area is 43.4 Å². The van der Waals surface area contributed by atoms with E-state index in [1.807, 2.05) is 13.8 Å². The third-order valence-electron chi connectivity index (χ3n) is 1.04. The van der Waals surface area contributed by atoms with Crippen LogP contribution in [0.1, 0.15) is 20.3 Å². The van der Waals surface area contributed by atoms with E-state index in [2.05, 4.69) is 4.94 Å². The van der Waals surface area contributed by atoms with Gasteiger partial charge in [-0.25, -0.2) is 0 Å². The summed E-state index contributed by atoms with van der Waals surface area (Å²) in [5.41, 5.74) is 0. The molecule has 0 spiro atoms. The van der Waals surface area contributed by atoms with Crippen LogP contribution in [-0.2, 0) is 4.94 Å². The Morgan fingerprint density at radius 1 is 1.71 bits per heavy atom. The van der Waals surface area contributed by atoms with Crippen molar-refractivity contribution >= 4 is 0 Å². The van der Waals surface area contributed by atoms with Crippen molar-refractivity contribution in [2.45, 2.75) is 20.3 Å². The van der Waals surface area contributed by atoms with Gasteiger partial charge >= 0.3 is 0 Å². The highest BCUT2D eigenvalue weighted by Crippen LogP contribution is 1.99. The lowest BCUT2D eigenvalue weighted by Crippen LogP contribution is -1.98. The molecule has 1 nitrogen and oxygen atoms in total. The molecule has 44 valence electrons. The Bertz CT molecular complexity index is 39.1. The van der Waals surface area contributed by atoms with Gasteiger partial charge in [0.1, 0.15) is 0 Å². The van der Waals surface area contributed by atoms with Crippen molar-refractivity contribution in [3.05, 3.63) is 0 Å². The highest BCUT2D eigenvalue weighted by molar-refractivity contribution is 4.42. The molecule has 0 rings (SSSR count). The first-order valence-corrected chi connectivity index (χ1v) is 2.54. The minimum atomic E-state index is 0.233. The summed E-state index contributed by atoms with van der Waals surface area (Å²) >= 11 is 0. The van der Waals surface area contributed by atoms with E-state index in [-0.39, 0.29) is 6.61 Å². The van der Waals surface area contributed by atoms with Crippen molar-refractivity contribution in [1.29, 1.82) is 0 Å². The summed E-state index contributed by atoms with van der Waals surface area (Å²) in [5.74, 6) is 0.352.